The van der Waals surface area contributed by atoms with Crippen molar-refractivity contribution in [3.05, 3.63) is 73.7 Å². The van der Waals surface area contributed by atoms with Crippen molar-refractivity contribution in [3.63, 3.8) is 0 Å². The quantitative estimate of drug-likeness (QED) is 0.173. The fourth-order valence-electron chi connectivity index (χ4n) is 3.22. The zero-order valence-corrected chi connectivity index (χ0v) is 22.4. The van der Waals surface area contributed by atoms with Gasteiger partial charge >= 0.3 is 12.4 Å². The van der Waals surface area contributed by atoms with Crippen LogP contribution in [0.15, 0.2) is 36.4 Å². The van der Waals surface area contributed by atoms with E-state index < -0.39 is 58.3 Å². The zero-order valence-electron chi connectivity index (χ0n) is 19.3. The Bertz CT molecular complexity index is 1220. The summed E-state index contributed by atoms with van der Waals surface area (Å²) in [6.45, 7) is 1.55. The Balaban J connectivity index is 2.43. The predicted molar refractivity (Wildman–Crippen MR) is 135 cm³/mol. The summed E-state index contributed by atoms with van der Waals surface area (Å²) in [4.78, 5) is 12.5. The van der Waals surface area contributed by atoms with Crippen molar-refractivity contribution in [2.75, 3.05) is 11.5 Å². The minimum absolute atomic E-state index is 0.0890. The number of hydrogen-bond donors (Lipinski definition) is 1. The number of allylic oxidation sites excluding steroid dienone is 1. The molecule has 2 aromatic carbocycles. The second-order valence-electron chi connectivity index (χ2n) is 7.95. The molecule has 0 spiro atoms. The molecule has 206 valence electrons. The van der Waals surface area contributed by atoms with Gasteiger partial charge in [0.2, 0.25) is 0 Å². The van der Waals surface area contributed by atoms with E-state index in [0.29, 0.717) is 17.6 Å². The second-order valence-corrected chi connectivity index (χ2v) is 10.3. The van der Waals surface area contributed by atoms with Crippen molar-refractivity contribution in [2.24, 2.45) is 0 Å². The van der Waals surface area contributed by atoms with Crippen molar-refractivity contribution < 1.29 is 35.5 Å². The number of nitrogens with zero attached hydrogens (tertiary/aromatic N) is 1. The van der Waals surface area contributed by atoms with Crippen molar-refractivity contribution in [1.29, 1.82) is 5.26 Å². The van der Waals surface area contributed by atoms with Gasteiger partial charge in [0.1, 0.15) is 11.7 Å². The molecular formula is C24H18Cl3F7N2OS. The summed E-state index contributed by atoms with van der Waals surface area (Å²) in [6.07, 6.45) is -9.83. The summed E-state index contributed by atoms with van der Waals surface area (Å²) >= 11 is 18.6. The standard InChI is InChI=1S/C24H18Cl3F7N2OS/c1-12(11-38-6-2-5-35)36-22(37)15-4-3-13(7-17(15)24(32,33)34)20(28)10-16(23(29,30)31)14-8-18(25)21(27)19(26)9-14/h3-4,7-10,12,16H,2,6,11H2,1H3,(H,36,37)/b20-10-. The third-order valence-electron chi connectivity index (χ3n) is 4.98. The fourth-order valence-corrected chi connectivity index (χ4v) is 4.68. The molecule has 0 saturated heterocycles. The molecule has 0 heterocycles. The van der Waals surface area contributed by atoms with E-state index in [4.69, 9.17) is 40.1 Å². The van der Waals surface area contributed by atoms with Crippen LogP contribution in [0.3, 0.4) is 0 Å². The molecule has 0 saturated carbocycles. The van der Waals surface area contributed by atoms with Crippen LogP contribution in [-0.4, -0.2) is 29.6 Å². The van der Waals surface area contributed by atoms with Crippen LogP contribution >= 0.6 is 46.6 Å². The Labute approximate surface area is 232 Å². The van der Waals surface area contributed by atoms with E-state index in [1.165, 1.54) is 11.8 Å². The molecule has 2 rings (SSSR count). The third kappa shape index (κ3) is 8.70. The largest absolute Gasteiger partial charge is 0.417 e. The molecular weight excluding hydrogens is 604 g/mol. The lowest BCUT2D eigenvalue weighted by molar-refractivity contribution is -0.140. The fraction of sp³-hybridized carbons (Fsp3) is 0.333. The van der Waals surface area contributed by atoms with Gasteiger partial charge in [-0.05, 0) is 42.8 Å². The Morgan fingerprint density at radius 1 is 1.11 bits per heavy atom. The molecule has 2 atom stereocenters. The van der Waals surface area contributed by atoms with Crippen LogP contribution in [0.25, 0.3) is 5.83 Å². The van der Waals surface area contributed by atoms with E-state index in [0.717, 1.165) is 18.2 Å². The number of carbonyl (C=O) groups is 1. The maximum Gasteiger partial charge on any atom is 0.417 e. The van der Waals surface area contributed by atoms with E-state index in [1.807, 2.05) is 6.07 Å². The molecule has 3 nitrogen and oxygen atoms in total. The van der Waals surface area contributed by atoms with Crippen LogP contribution in [0.2, 0.25) is 15.1 Å². The molecule has 38 heavy (non-hydrogen) atoms. The van der Waals surface area contributed by atoms with Gasteiger partial charge in [-0.1, -0.05) is 40.9 Å². The molecule has 14 heteroatoms. The number of alkyl halides is 6. The maximum atomic E-state index is 15.0. The minimum atomic E-state index is -5.12. The van der Waals surface area contributed by atoms with Gasteiger partial charge in [0.15, 0.2) is 0 Å². The highest BCUT2D eigenvalue weighted by atomic mass is 35.5. The van der Waals surface area contributed by atoms with Crippen molar-refractivity contribution in [2.45, 2.75) is 37.7 Å². The normalized spacial score (nSPS) is 14.1. The highest BCUT2D eigenvalue weighted by Crippen LogP contribution is 2.42. The van der Waals surface area contributed by atoms with Gasteiger partial charge in [-0.15, -0.1) is 0 Å². The third-order valence-corrected chi connectivity index (χ3v) is 7.41. The van der Waals surface area contributed by atoms with E-state index >= 15 is 0 Å². The van der Waals surface area contributed by atoms with Crippen LogP contribution in [0.1, 0.15) is 46.3 Å². The first-order valence-electron chi connectivity index (χ1n) is 10.6. The van der Waals surface area contributed by atoms with Gasteiger partial charge in [0.25, 0.3) is 5.91 Å². The first-order chi connectivity index (χ1) is 17.6. The molecule has 2 aromatic rings. The summed E-state index contributed by atoms with van der Waals surface area (Å²) in [5.74, 6) is -4.54. The summed E-state index contributed by atoms with van der Waals surface area (Å²) < 4.78 is 97.5. The molecule has 0 fully saturated rings. The number of halogens is 10. The number of nitrogens with one attached hydrogen (secondary N) is 1. The lowest BCUT2D eigenvalue weighted by Gasteiger charge is -2.19. The van der Waals surface area contributed by atoms with Crippen molar-refractivity contribution in [1.82, 2.24) is 5.32 Å². The van der Waals surface area contributed by atoms with Gasteiger partial charge in [-0.25, -0.2) is 4.39 Å². The zero-order chi connectivity index (χ0) is 28.8. The second kappa shape index (κ2) is 13.3. The summed E-state index contributed by atoms with van der Waals surface area (Å²) in [6, 6.07) is 4.76. The van der Waals surface area contributed by atoms with E-state index in [1.54, 1.807) is 6.92 Å². The number of hydrogen-bond acceptors (Lipinski definition) is 3. The average molecular weight is 622 g/mol. The number of thioether (sulfide) groups is 1. The Morgan fingerprint density at radius 3 is 2.24 bits per heavy atom. The van der Waals surface area contributed by atoms with Crippen molar-refractivity contribution >= 4 is 58.3 Å². The van der Waals surface area contributed by atoms with Crippen LogP contribution in [0, 0.1) is 11.3 Å². The highest BCUT2D eigenvalue weighted by molar-refractivity contribution is 7.99. The molecule has 1 amide bonds. The Kier molecular flexibility index (Phi) is 11.2. The van der Waals surface area contributed by atoms with E-state index in [-0.39, 0.29) is 33.6 Å². The number of nitriles is 1. The minimum Gasteiger partial charge on any atom is -0.349 e. The predicted octanol–water partition coefficient (Wildman–Crippen LogP) is 9.09. The maximum absolute atomic E-state index is 15.0. The van der Waals surface area contributed by atoms with E-state index in [9.17, 15) is 35.5 Å². The van der Waals surface area contributed by atoms with Crippen LogP contribution in [-0.2, 0) is 6.18 Å². The number of carbonyl (C=O) groups excluding carboxylic acids is 1. The van der Waals surface area contributed by atoms with Gasteiger partial charge in [0.05, 0.1) is 32.3 Å². The van der Waals surface area contributed by atoms with Crippen molar-refractivity contribution in [3.8, 4) is 6.07 Å². The Hall–Kier alpha value is -2.13. The molecule has 0 radical (unpaired) electrons. The number of benzene rings is 2. The first kappa shape index (κ1) is 32.1. The van der Waals surface area contributed by atoms with Gasteiger partial charge in [0, 0.05) is 29.5 Å². The van der Waals surface area contributed by atoms with Gasteiger partial charge < -0.3 is 5.32 Å². The van der Waals surface area contributed by atoms with E-state index in [2.05, 4.69) is 5.32 Å². The number of amides is 1. The molecule has 0 bridgehead atoms. The summed E-state index contributed by atoms with van der Waals surface area (Å²) in [7, 11) is 0. The lowest BCUT2D eigenvalue weighted by atomic mass is 9.95. The molecule has 0 aliphatic carbocycles. The topological polar surface area (TPSA) is 52.9 Å². The molecule has 2 unspecified atom stereocenters. The molecule has 0 aliphatic heterocycles. The SMILES string of the molecule is CC(CSCCC#N)NC(=O)c1ccc(/C(F)=C/C(c2cc(Cl)c(Cl)c(Cl)c2)C(F)(F)F)cc1C(F)(F)F. The molecule has 0 aliphatic rings. The number of rotatable bonds is 9. The van der Waals surface area contributed by atoms with Crippen LogP contribution < -0.4 is 5.32 Å². The van der Waals surface area contributed by atoms with Crippen LogP contribution in [0.4, 0.5) is 30.7 Å². The van der Waals surface area contributed by atoms with Gasteiger partial charge in [-0.3, -0.25) is 4.79 Å². The highest BCUT2D eigenvalue weighted by Gasteiger charge is 2.41. The molecule has 1 N–H and O–H groups in total. The Morgan fingerprint density at radius 2 is 1.71 bits per heavy atom. The monoisotopic (exact) mass is 620 g/mol. The molecule has 0 aromatic heterocycles. The smallest absolute Gasteiger partial charge is 0.349 e. The van der Waals surface area contributed by atoms with Crippen LogP contribution in [0.5, 0.6) is 0 Å². The summed E-state index contributed by atoms with van der Waals surface area (Å²) in [5, 5.41) is 10.0. The first-order valence-corrected chi connectivity index (χ1v) is 12.9. The lowest BCUT2D eigenvalue weighted by Crippen LogP contribution is -2.35. The average Bonchev–Trinajstić information content (AvgIpc) is 2.81. The summed E-state index contributed by atoms with van der Waals surface area (Å²) in [5.41, 5.74) is -3.76. The van der Waals surface area contributed by atoms with Gasteiger partial charge in [-0.2, -0.15) is 43.4 Å².